The van der Waals surface area contributed by atoms with Crippen LogP contribution in [0.3, 0.4) is 0 Å². The Morgan fingerprint density at radius 1 is 0.821 bits per heavy atom. The largest absolute Gasteiger partial charge is 0.481 e. The van der Waals surface area contributed by atoms with Crippen molar-refractivity contribution in [2.24, 2.45) is 0 Å². The lowest BCUT2D eigenvalue weighted by atomic mass is 10.0. The highest BCUT2D eigenvalue weighted by Crippen LogP contribution is 2.19. The topological polar surface area (TPSA) is 128 Å². The maximum atomic E-state index is 13.1. The van der Waals surface area contributed by atoms with Gasteiger partial charge in [0.25, 0.3) is 0 Å². The molecule has 2 rings (SSSR count). The average Bonchev–Trinajstić information content (AvgIpc) is 3.31. The highest BCUT2D eigenvalue weighted by molar-refractivity contribution is 5.94. The number of ketones is 1. The first-order valence-electron chi connectivity index (χ1n) is 14.7. The van der Waals surface area contributed by atoms with E-state index in [4.69, 9.17) is 5.11 Å². The van der Waals surface area contributed by atoms with Crippen molar-refractivity contribution in [2.75, 3.05) is 0 Å². The van der Waals surface area contributed by atoms with Gasteiger partial charge in [-0.05, 0) is 25.0 Å². The van der Waals surface area contributed by atoms with Gasteiger partial charge in [0.2, 0.25) is 11.8 Å². The molecule has 8 nitrogen and oxygen atoms in total. The van der Waals surface area contributed by atoms with Crippen molar-refractivity contribution in [3.05, 3.63) is 36.0 Å². The Hall–Kier alpha value is -3.16. The predicted octanol–water partition coefficient (Wildman–Crippen LogP) is 5.83. The zero-order valence-electron chi connectivity index (χ0n) is 23.7. The first kappa shape index (κ1) is 32.1. The number of nitrogens with one attached hydrogen (secondary N) is 3. The highest BCUT2D eigenvalue weighted by Gasteiger charge is 2.27. The maximum Gasteiger partial charge on any atom is 0.305 e. The lowest BCUT2D eigenvalue weighted by Crippen LogP contribution is -2.52. The third-order valence-electron chi connectivity index (χ3n) is 7.19. The summed E-state index contributed by atoms with van der Waals surface area (Å²) < 4.78 is 0. The second kappa shape index (κ2) is 18.2. The van der Waals surface area contributed by atoms with Crippen LogP contribution in [0.25, 0.3) is 10.9 Å². The Morgan fingerprint density at radius 3 is 2.00 bits per heavy atom. The zero-order valence-corrected chi connectivity index (χ0v) is 23.7. The number of amides is 2. The van der Waals surface area contributed by atoms with Gasteiger partial charge in [0.15, 0.2) is 5.78 Å². The molecule has 2 unspecified atom stereocenters. The number of fused-ring (bicyclic) bond motifs is 1. The van der Waals surface area contributed by atoms with Crippen molar-refractivity contribution in [3.63, 3.8) is 0 Å². The van der Waals surface area contributed by atoms with E-state index >= 15 is 0 Å². The Kier molecular flexibility index (Phi) is 14.9. The third-order valence-corrected chi connectivity index (χ3v) is 7.19. The molecule has 2 aromatic rings. The van der Waals surface area contributed by atoms with Crippen LogP contribution in [-0.2, 0) is 25.6 Å². The van der Waals surface area contributed by atoms with E-state index in [1.165, 1.54) is 64.7 Å². The van der Waals surface area contributed by atoms with Crippen LogP contribution in [0.2, 0.25) is 0 Å². The van der Waals surface area contributed by atoms with Crippen LogP contribution in [0.5, 0.6) is 0 Å². The van der Waals surface area contributed by atoms with Crippen molar-refractivity contribution < 1.29 is 24.3 Å². The molecule has 0 bridgehead atoms. The van der Waals surface area contributed by atoms with E-state index in [1.54, 1.807) is 0 Å². The summed E-state index contributed by atoms with van der Waals surface area (Å²) >= 11 is 0. The number of aliphatic carboxylic acids is 1. The smallest absolute Gasteiger partial charge is 0.305 e. The van der Waals surface area contributed by atoms with E-state index < -0.39 is 36.2 Å². The second-order valence-electron chi connectivity index (χ2n) is 10.6. The van der Waals surface area contributed by atoms with Gasteiger partial charge in [-0.15, -0.1) is 0 Å². The number of carbonyl (C=O) groups excluding carboxylic acids is 3. The third kappa shape index (κ3) is 12.5. The minimum absolute atomic E-state index is 0.220. The number of para-hydroxylation sites is 1. The Balaban J connectivity index is 1.84. The van der Waals surface area contributed by atoms with Gasteiger partial charge in [-0.25, -0.2) is 0 Å². The van der Waals surface area contributed by atoms with Crippen LogP contribution in [-0.4, -0.2) is 45.7 Å². The van der Waals surface area contributed by atoms with Crippen LogP contribution in [0.4, 0.5) is 0 Å². The summed E-state index contributed by atoms with van der Waals surface area (Å²) in [7, 11) is 0. The minimum atomic E-state index is -1.18. The molecule has 1 aromatic carbocycles. The predicted molar refractivity (Wildman–Crippen MR) is 154 cm³/mol. The SMILES string of the molecule is CCCCCCCCCCCCCCC(=O)NC(Cc1c[nH]c2ccccc12)C(=O)NC(CC(=O)O)C(C)=O. The van der Waals surface area contributed by atoms with Crippen molar-refractivity contribution in [1.29, 1.82) is 0 Å². The number of aromatic amines is 1. The number of carboxylic acid groups (broad SMARTS) is 1. The molecule has 216 valence electrons. The molecule has 1 aromatic heterocycles. The molecule has 2 atom stereocenters. The van der Waals surface area contributed by atoms with Crippen molar-refractivity contribution in [1.82, 2.24) is 15.6 Å². The van der Waals surface area contributed by atoms with Crippen LogP contribution in [0.15, 0.2) is 30.5 Å². The normalized spacial score (nSPS) is 12.7. The van der Waals surface area contributed by atoms with Gasteiger partial charge in [-0.1, -0.05) is 95.8 Å². The standard InChI is InChI=1S/C31H47N3O5/c1-3-4-5-6-7-8-9-10-11-12-13-14-19-29(36)33-28(31(39)34-27(23(2)35)21-30(37)38)20-24-22-32-26-18-16-15-17-25(24)26/h15-18,22,27-28,32H,3-14,19-21H2,1-2H3,(H,33,36)(H,34,39)(H,37,38). The van der Waals surface area contributed by atoms with Crippen molar-refractivity contribution >= 4 is 34.5 Å². The van der Waals surface area contributed by atoms with Crippen LogP contribution < -0.4 is 10.6 Å². The first-order valence-corrected chi connectivity index (χ1v) is 14.7. The number of rotatable bonds is 21. The molecule has 0 saturated heterocycles. The molecule has 0 aliphatic rings. The summed E-state index contributed by atoms with van der Waals surface area (Å²) in [6.07, 6.45) is 16.3. The van der Waals surface area contributed by atoms with Crippen LogP contribution >= 0.6 is 0 Å². The van der Waals surface area contributed by atoms with E-state index in [0.717, 1.165) is 35.7 Å². The zero-order chi connectivity index (χ0) is 28.5. The molecule has 4 N–H and O–H groups in total. The maximum absolute atomic E-state index is 13.1. The molecule has 0 spiro atoms. The van der Waals surface area contributed by atoms with Gasteiger partial charge < -0.3 is 20.7 Å². The summed E-state index contributed by atoms with van der Waals surface area (Å²) in [4.78, 5) is 52.2. The highest BCUT2D eigenvalue weighted by atomic mass is 16.4. The summed E-state index contributed by atoms with van der Waals surface area (Å²) in [6, 6.07) is 5.61. The Labute approximate surface area is 232 Å². The lowest BCUT2D eigenvalue weighted by Gasteiger charge is -2.21. The molecule has 0 fully saturated rings. The van der Waals surface area contributed by atoms with Crippen molar-refractivity contribution in [2.45, 2.75) is 122 Å². The van der Waals surface area contributed by atoms with E-state index in [2.05, 4.69) is 22.5 Å². The van der Waals surface area contributed by atoms with E-state index in [1.807, 2.05) is 30.5 Å². The molecule has 0 aliphatic carbocycles. The van der Waals surface area contributed by atoms with Gasteiger partial charge in [-0.2, -0.15) is 0 Å². The summed E-state index contributed by atoms with van der Waals surface area (Å²) in [5.41, 5.74) is 1.77. The molecular weight excluding hydrogens is 494 g/mol. The Morgan fingerprint density at radius 2 is 1.41 bits per heavy atom. The van der Waals surface area contributed by atoms with Gasteiger partial charge in [-0.3, -0.25) is 19.2 Å². The summed E-state index contributed by atoms with van der Waals surface area (Å²) in [6.45, 7) is 3.48. The van der Waals surface area contributed by atoms with Crippen molar-refractivity contribution in [3.8, 4) is 0 Å². The van der Waals surface area contributed by atoms with Gasteiger partial charge in [0.05, 0.1) is 12.5 Å². The number of aromatic nitrogens is 1. The second-order valence-corrected chi connectivity index (χ2v) is 10.6. The molecule has 2 amide bonds. The summed E-state index contributed by atoms with van der Waals surface area (Å²) in [5, 5.41) is 15.4. The van der Waals surface area contributed by atoms with Gasteiger partial charge in [0.1, 0.15) is 6.04 Å². The average molecular weight is 542 g/mol. The lowest BCUT2D eigenvalue weighted by molar-refractivity contribution is -0.140. The number of Topliss-reactive ketones (excluding diaryl/α,β-unsaturated/α-hetero) is 1. The number of H-pyrrole nitrogens is 1. The monoisotopic (exact) mass is 541 g/mol. The van der Waals surface area contributed by atoms with E-state index in [-0.39, 0.29) is 12.3 Å². The van der Waals surface area contributed by atoms with E-state index in [0.29, 0.717) is 6.42 Å². The van der Waals surface area contributed by atoms with E-state index in [9.17, 15) is 19.2 Å². The minimum Gasteiger partial charge on any atom is -0.481 e. The molecule has 0 saturated carbocycles. The quantitative estimate of drug-likeness (QED) is 0.148. The van der Waals surface area contributed by atoms with Crippen LogP contribution in [0, 0.1) is 0 Å². The van der Waals surface area contributed by atoms with Gasteiger partial charge >= 0.3 is 5.97 Å². The van der Waals surface area contributed by atoms with Gasteiger partial charge in [0, 0.05) is 29.9 Å². The fourth-order valence-electron chi connectivity index (χ4n) is 4.87. The molecule has 8 heteroatoms. The fourth-order valence-corrected chi connectivity index (χ4v) is 4.87. The van der Waals surface area contributed by atoms with Crippen LogP contribution in [0.1, 0.15) is 109 Å². The fraction of sp³-hybridized carbons (Fsp3) is 0.613. The number of carbonyl (C=O) groups is 4. The molecule has 39 heavy (non-hydrogen) atoms. The number of carboxylic acids is 1. The summed E-state index contributed by atoms with van der Waals surface area (Å²) in [5.74, 6) is -2.41. The number of hydrogen-bond donors (Lipinski definition) is 4. The number of unbranched alkanes of at least 4 members (excludes halogenated alkanes) is 11. The number of hydrogen-bond acceptors (Lipinski definition) is 4. The Bertz CT molecular complexity index is 1050. The molecule has 1 heterocycles. The molecular formula is C31H47N3O5. The molecule has 0 aliphatic heterocycles. The number of benzene rings is 1. The first-order chi connectivity index (χ1) is 18.8. The molecule has 0 radical (unpaired) electrons.